The standard InChI is InChI=1S/C20H25N3O/c1-6-14-9-13(2)20(24)21-19(14)15-7-8-18-17(10-15)16(11-22(3)4)12-23(18)5/h7-10,12H,6,11H2,1-5H3,(H,21,24). The average molecular weight is 323 g/mol. The fourth-order valence-electron chi connectivity index (χ4n) is 3.32. The van der Waals surface area contributed by atoms with Gasteiger partial charge in [-0.15, -0.1) is 0 Å². The van der Waals surface area contributed by atoms with Gasteiger partial charge >= 0.3 is 0 Å². The van der Waals surface area contributed by atoms with Crippen molar-refractivity contribution >= 4 is 10.9 Å². The molecule has 0 amide bonds. The van der Waals surface area contributed by atoms with Gasteiger partial charge in [0, 0.05) is 36.3 Å². The van der Waals surface area contributed by atoms with E-state index in [0.29, 0.717) is 0 Å². The van der Waals surface area contributed by atoms with Crippen molar-refractivity contribution in [1.82, 2.24) is 14.5 Å². The highest BCUT2D eigenvalue weighted by atomic mass is 16.1. The third-order valence-electron chi connectivity index (χ3n) is 4.54. The van der Waals surface area contributed by atoms with Crippen LogP contribution in [0, 0.1) is 6.92 Å². The highest BCUT2D eigenvalue weighted by Crippen LogP contribution is 2.29. The molecule has 0 saturated carbocycles. The van der Waals surface area contributed by atoms with E-state index in [1.54, 1.807) is 0 Å². The van der Waals surface area contributed by atoms with Crippen molar-refractivity contribution in [3.05, 3.63) is 57.5 Å². The Balaban J connectivity index is 2.21. The maximum Gasteiger partial charge on any atom is 0.251 e. The van der Waals surface area contributed by atoms with E-state index in [0.717, 1.165) is 29.8 Å². The number of aryl methyl sites for hydroxylation is 3. The first-order valence-corrected chi connectivity index (χ1v) is 8.36. The Kier molecular flexibility index (Phi) is 4.33. The molecule has 4 nitrogen and oxygen atoms in total. The van der Waals surface area contributed by atoms with Crippen LogP contribution in [0.3, 0.4) is 0 Å². The topological polar surface area (TPSA) is 41.0 Å². The third-order valence-corrected chi connectivity index (χ3v) is 4.54. The SMILES string of the molecule is CCc1cc(C)c(=O)[nH]c1-c1ccc2c(c1)c(CN(C)C)cn2C. The predicted molar refractivity (Wildman–Crippen MR) is 100 cm³/mol. The predicted octanol–water partition coefficient (Wildman–Crippen LogP) is 3.47. The number of fused-ring (bicyclic) bond motifs is 1. The Morgan fingerprint density at radius 2 is 1.92 bits per heavy atom. The minimum absolute atomic E-state index is 0.0103. The van der Waals surface area contributed by atoms with Crippen molar-refractivity contribution in [3.63, 3.8) is 0 Å². The summed E-state index contributed by atoms with van der Waals surface area (Å²) in [7, 11) is 6.23. The quantitative estimate of drug-likeness (QED) is 0.799. The number of pyridine rings is 1. The number of aromatic amines is 1. The molecule has 0 aliphatic heterocycles. The van der Waals surface area contributed by atoms with Crippen molar-refractivity contribution < 1.29 is 0 Å². The Hall–Kier alpha value is -2.33. The number of hydrogen-bond acceptors (Lipinski definition) is 2. The van der Waals surface area contributed by atoms with Crippen molar-refractivity contribution in [2.75, 3.05) is 14.1 Å². The zero-order valence-corrected chi connectivity index (χ0v) is 15.1. The van der Waals surface area contributed by atoms with Gasteiger partial charge in [0.1, 0.15) is 0 Å². The van der Waals surface area contributed by atoms with Crippen LogP contribution in [0.2, 0.25) is 0 Å². The van der Waals surface area contributed by atoms with Gasteiger partial charge in [-0.2, -0.15) is 0 Å². The van der Waals surface area contributed by atoms with E-state index in [4.69, 9.17) is 0 Å². The Morgan fingerprint density at radius 3 is 2.58 bits per heavy atom. The molecule has 1 N–H and O–H groups in total. The summed E-state index contributed by atoms with van der Waals surface area (Å²) >= 11 is 0. The Morgan fingerprint density at radius 1 is 1.17 bits per heavy atom. The van der Waals surface area contributed by atoms with Crippen molar-refractivity contribution in [1.29, 1.82) is 0 Å². The van der Waals surface area contributed by atoms with E-state index in [9.17, 15) is 4.79 Å². The summed E-state index contributed by atoms with van der Waals surface area (Å²) in [5.41, 5.74) is 6.46. The van der Waals surface area contributed by atoms with Crippen LogP contribution in [0.25, 0.3) is 22.2 Å². The number of hydrogen-bond donors (Lipinski definition) is 1. The fraction of sp³-hybridized carbons (Fsp3) is 0.350. The molecule has 24 heavy (non-hydrogen) atoms. The summed E-state index contributed by atoms with van der Waals surface area (Å²) in [6.07, 6.45) is 3.08. The molecule has 0 radical (unpaired) electrons. The molecule has 0 saturated heterocycles. The van der Waals surface area contributed by atoms with Gasteiger partial charge in [0.15, 0.2) is 0 Å². The smallest absolute Gasteiger partial charge is 0.251 e. The van der Waals surface area contributed by atoms with Crippen LogP contribution in [0.1, 0.15) is 23.6 Å². The molecule has 3 aromatic rings. The van der Waals surface area contributed by atoms with Crippen LogP contribution in [0.5, 0.6) is 0 Å². The van der Waals surface area contributed by atoms with Gasteiger partial charge in [0.2, 0.25) is 0 Å². The first-order valence-electron chi connectivity index (χ1n) is 8.36. The zero-order valence-electron chi connectivity index (χ0n) is 15.1. The number of aromatic nitrogens is 2. The van der Waals surface area contributed by atoms with Crippen molar-refractivity contribution in [2.45, 2.75) is 26.8 Å². The zero-order chi connectivity index (χ0) is 17.4. The largest absolute Gasteiger partial charge is 0.350 e. The summed E-state index contributed by atoms with van der Waals surface area (Å²) in [5, 5.41) is 1.24. The maximum absolute atomic E-state index is 12.1. The maximum atomic E-state index is 12.1. The molecule has 2 aromatic heterocycles. The summed E-state index contributed by atoms with van der Waals surface area (Å²) in [6.45, 7) is 4.87. The molecule has 1 aromatic carbocycles. The van der Waals surface area contributed by atoms with Gasteiger partial charge in [-0.3, -0.25) is 4.79 Å². The van der Waals surface area contributed by atoms with Crippen LogP contribution in [-0.2, 0) is 20.0 Å². The van der Waals surface area contributed by atoms with Crippen molar-refractivity contribution in [3.8, 4) is 11.3 Å². The van der Waals surface area contributed by atoms with Gasteiger partial charge in [-0.25, -0.2) is 0 Å². The molecule has 0 unspecified atom stereocenters. The van der Waals surface area contributed by atoms with Gasteiger partial charge in [0.05, 0.1) is 5.69 Å². The van der Waals surface area contributed by atoms with Gasteiger partial charge < -0.3 is 14.5 Å². The molecule has 0 spiro atoms. The summed E-state index contributed by atoms with van der Waals surface area (Å²) in [5.74, 6) is 0. The lowest BCUT2D eigenvalue weighted by Crippen LogP contribution is -2.12. The van der Waals surface area contributed by atoms with Crippen LogP contribution in [0.15, 0.2) is 35.3 Å². The van der Waals surface area contributed by atoms with Crippen molar-refractivity contribution in [2.24, 2.45) is 7.05 Å². The number of nitrogens with one attached hydrogen (secondary N) is 1. The number of rotatable bonds is 4. The third kappa shape index (κ3) is 2.89. The van der Waals surface area contributed by atoms with Crippen LogP contribution in [-0.4, -0.2) is 28.5 Å². The average Bonchev–Trinajstić information content (AvgIpc) is 2.84. The summed E-state index contributed by atoms with van der Waals surface area (Å²) in [6, 6.07) is 8.45. The molecule has 0 aliphatic rings. The minimum atomic E-state index is -0.0103. The molecular weight excluding hydrogens is 298 g/mol. The molecule has 0 atom stereocenters. The number of nitrogens with zero attached hydrogens (tertiary/aromatic N) is 2. The van der Waals surface area contributed by atoms with Gasteiger partial charge in [-0.1, -0.05) is 13.0 Å². The minimum Gasteiger partial charge on any atom is -0.350 e. The van der Waals surface area contributed by atoms with E-state index >= 15 is 0 Å². The fourth-order valence-corrected chi connectivity index (χ4v) is 3.32. The molecule has 0 fully saturated rings. The van der Waals surface area contributed by atoms with Crippen LogP contribution >= 0.6 is 0 Å². The van der Waals surface area contributed by atoms with E-state index < -0.39 is 0 Å². The molecule has 0 aliphatic carbocycles. The monoisotopic (exact) mass is 323 g/mol. The van der Waals surface area contributed by atoms with Crippen LogP contribution < -0.4 is 5.56 Å². The van der Waals surface area contributed by atoms with E-state index in [1.807, 2.05) is 13.0 Å². The lowest BCUT2D eigenvalue weighted by atomic mass is 10.0. The molecular formula is C20H25N3O. The Labute approximate surface area is 142 Å². The van der Waals surface area contributed by atoms with Gasteiger partial charge in [0.25, 0.3) is 5.56 Å². The summed E-state index contributed by atoms with van der Waals surface area (Å²) in [4.78, 5) is 17.3. The summed E-state index contributed by atoms with van der Waals surface area (Å²) < 4.78 is 2.16. The van der Waals surface area contributed by atoms with E-state index in [-0.39, 0.29) is 5.56 Å². The highest BCUT2D eigenvalue weighted by Gasteiger charge is 2.12. The van der Waals surface area contributed by atoms with Crippen LogP contribution in [0.4, 0.5) is 0 Å². The molecule has 3 rings (SSSR count). The lowest BCUT2D eigenvalue weighted by Gasteiger charge is -2.11. The number of H-pyrrole nitrogens is 1. The number of benzene rings is 1. The second kappa shape index (κ2) is 6.29. The molecule has 0 bridgehead atoms. The Bertz CT molecular complexity index is 947. The first-order chi connectivity index (χ1) is 11.4. The van der Waals surface area contributed by atoms with E-state index in [2.05, 4.69) is 66.9 Å². The normalized spacial score (nSPS) is 11.6. The molecule has 2 heterocycles. The molecule has 126 valence electrons. The van der Waals surface area contributed by atoms with E-state index in [1.165, 1.54) is 22.0 Å². The first kappa shape index (κ1) is 16.5. The molecule has 4 heteroatoms. The second-order valence-corrected chi connectivity index (χ2v) is 6.77. The second-order valence-electron chi connectivity index (χ2n) is 6.77. The highest BCUT2D eigenvalue weighted by molar-refractivity contribution is 5.88. The lowest BCUT2D eigenvalue weighted by molar-refractivity contribution is 0.404. The van der Waals surface area contributed by atoms with Gasteiger partial charge in [-0.05, 0) is 62.3 Å².